The van der Waals surface area contributed by atoms with Crippen LogP contribution in [0, 0.1) is 0 Å². The first-order valence-electron chi connectivity index (χ1n) is 5.56. The van der Waals surface area contributed by atoms with Crippen LogP contribution < -0.4 is 4.74 Å². The molecule has 0 N–H and O–H groups in total. The third-order valence-electron chi connectivity index (χ3n) is 2.17. The molecule has 0 aliphatic rings. The smallest absolute Gasteiger partial charge is 0.0490 e. The Morgan fingerprint density at radius 3 is 1.72 bits per heavy atom. The molecule has 0 saturated carbocycles. The van der Waals surface area contributed by atoms with Crippen molar-refractivity contribution in [3.63, 3.8) is 0 Å². The zero-order chi connectivity index (χ0) is 11.8. The summed E-state index contributed by atoms with van der Waals surface area (Å²) >= 11 is 0. The van der Waals surface area contributed by atoms with E-state index < -0.39 is 0 Å². The van der Waals surface area contributed by atoms with Crippen LogP contribution in [-0.4, -0.2) is 0 Å². The molecule has 0 heterocycles. The van der Waals surface area contributed by atoms with E-state index in [-0.39, 0.29) is 21.7 Å². The molecule has 0 aromatic heterocycles. The molecule has 3 aromatic carbocycles. The van der Waals surface area contributed by atoms with E-state index in [1.54, 1.807) is 0 Å². The van der Waals surface area contributed by atoms with Gasteiger partial charge in [-0.1, -0.05) is 30.3 Å². The molecule has 0 radical (unpaired) electrons. The fourth-order valence-electron chi connectivity index (χ4n) is 1.37. The predicted molar refractivity (Wildman–Crippen MR) is 70.6 cm³/mol. The number of hydrogen-bond donors (Lipinski definition) is 0. The minimum Gasteiger partial charge on any atom is -0.748 e. The van der Waals surface area contributed by atoms with Crippen molar-refractivity contribution < 1.29 is 26.5 Å². The Morgan fingerprint density at radius 2 is 1.22 bits per heavy atom. The van der Waals surface area contributed by atoms with Crippen molar-refractivity contribution >= 4 is 0 Å². The van der Waals surface area contributed by atoms with Gasteiger partial charge in [-0.2, -0.15) is 12.1 Å². The quantitative estimate of drug-likeness (QED) is 0.488. The SMILES string of the molecule is [Ti].[cH-]1[cH-][cH-][cH-][cH-]1.c1ccc(O[c-]2cccc2)cc1. The molecule has 0 spiro atoms. The zero-order valence-electron chi connectivity index (χ0n) is 9.99. The molecule has 3 aromatic rings. The summed E-state index contributed by atoms with van der Waals surface area (Å²) in [6, 6.07) is 27.5. The van der Waals surface area contributed by atoms with Gasteiger partial charge < -0.3 is 35.1 Å². The first kappa shape index (κ1) is 14.5. The Kier molecular flexibility index (Phi) is 6.86. The zero-order valence-corrected chi connectivity index (χ0v) is 11.6. The van der Waals surface area contributed by atoms with Gasteiger partial charge in [0.2, 0.25) is 0 Å². The summed E-state index contributed by atoms with van der Waals surface area (Å²) in [6.07, 6.45) is 0. The predicted octanol–water partition coefficient (Wildman–Crippen LogP) is 4.60. The average molecular weight is 270 g/mol. The maximum Gasteiger partial charge on any atom is 0.0490 e. The molecular weight excluding hydrogens is 256 g/mol. The second kappa shape index (κ2) is 8.51. The summed E-state index contributed by atoms with van der Waals surface area (Å²) in [4.78, 5) is 0. The summed E-state index contributed by atoms with van der Waals surface area (Å²) in [7, 11) is 0. The molecule has 0 aliphatic heterocycles. The van der Waals surface area contributed by atoms with Gasteiger partial charge in [-0.3, -0.25) is 0 Å². The van der Waals surface area contributed by atoms with E-state index in [1.807, 2.05) is 84.9 Å². The van der Waals surface area contributed by atoms with Gasteiger partial charge >= 0.3 is 0 Å². The van der Waals surface area contributed by atoms with E-state index in [4.69, 9.17) is 4.74 Å². The van der Waals surface area contributed by atoms with Crippen molar-refractivity contribution in [3.05, 3.63) is 84.9 Å². The van der Waals surface area contributed by atoms with Gasteiger partial charge in [-0.15, -0.1) is 12.1 Å². The van der Waals surface area contributed by atoms with Crippen LogP contribution in [0.2, 0.25) is 0 Å². The van der Waals surface area contributed by atoms with E-state index in [1.165, 1.54) is 0 Å². The molecule has 0 bridgehead atoms. The Morgan fingerprint density at radius 1 is 0.722 bits per heavy atom. The molecule has 0 fully saturated rings. The number of para-hydroxylation sites is 1. The van der Waals surface area contributed by atoms with Crippen LogP contribution >= 0.6 is 0 Å². The second-order valence-corrected chi connectivity index (χ2v) is 3.50. The van der Waals surface area contributed by atoms with Gasteiger partial charge in [0.1, 0.15) is 0 Å². The van der Waals surface area contributed by atoms with Crippen molar-refractivity contribution in [3.8, 4) is 11.5 Å². The molecule has 1 nitrogen and oxygen atoms in total. The standard InChI is InChI=1S/C11H9O.C5H5.Ti/c1-2-6-10(7-3-1)12-11-8-4-5-9-11;1-2-4-5-3-1;/h1-9H;1-5H;/q-1;-5;. The average Bonchev–Trinajstić information content (AvgIpc) is 3.06. The van der Waals surface area contributed by atoms with Crippen molar-refractivity contribution in [2.75, 3.05) is 0 Å². The van der Waals surface area contributed by atoms with Crippen LogP contribution in [0.25, 0.3) is 0 Å². The van der Waals surface area contributed by atoms with Crippen LogP contribution in [0.1, 0.15) is 0 Å². The van der Waals surface area contributed by atoms with Crippen LogP contribution in [0.15, 0.2) is 84.9 Å². The Bertz CT molecular complexity index is 466. The molecule has 0 aliphatic carbocycles. The number of rotatable bonds is 2. The maximum atomic E-state index is 5.52. The van der Waals surface area contributed by atoms with Crippen molar-refractivity contribution in [2.45, 2.75) is 0 Å². The van der Waals surface area contributed by atoms with Crippen LogP contribution in [-0.2, 0) is 21.7 Å². The number of benzene rings is 1. The fraction of sp³-hybridized carbons (Fsp3) is 0. The summed E-state index contributed by atoms with van der Waals surface area (Å²) in [5.74, 6) is 1.77. The molecule has 0 amide bonds. The number of ether oxygens (including phenoxy) is 1. The molecule has 0 saturated heterocycles. The van der Waals surface area contributed by atoms with Gasteiger partial charge in [0, 0.05) is 33.2 Å². The fourth-order valence-corrected chi connectivity index (χ4v) is 1.37. The van der Waals surface area contributed by atoms with Crippen molar-refractivity contribution in [1.29, 1.82) is 0 Å². The molecule has 2 heteroatoms. The van der Waals surface area contributed by atoms with Crippen LogP contribution in [0.5, 0.6) is 11.5 Å². The first-order valence-corrected chi connectivity index (χ1v) is 5.56. The Labute approximate surface area is 123 Å². The third kappa shape index (κ3) is 5.18. The van der Waals surface area contributed by atoms with E-state index in [9.17, 15) is 0 Å². The van der Waals surface area contributed by atoms with Crippen molar-refractivity contribution in [1.82, 2.24) is 0 Å². The monoisotopic (exact) mass is 270 g/mol. The third-order valence-corrected chi connectivity index (χ3v) is 2.17. The molecule has 0 atom stereocenters. The minimum atomic E-state index is 0. The van der Waals surface area contributed by atoms with Gasteiger partial charge in [-0.05, 0) is 0 Å². The molecule has 18 heavy (non-hydrogen) atoms. The van der Waals surface area contributed by atoms with Crippen LogP contribution in [0.4, 0.5) is 0 Å². The largest absolute Gasteiger partial charge is 0.748 e. The molecule has 94 valence electrons. The maximum absolute atomic E-state index is 5.52. The van der Waals surface area contributed by atoms with E-state index >= 15 is 0 Å². The second-order valence-electron chi connectivity index (χ2n) is 3.50. The normalized spacial score (nSPS) is 8.67. The summed E-state index contributed by atoms with van der Waals surface area (Å²) < 4.78 is 5.52. The molecular formula is C16H14OTi-6. The van der Waals surface area contributed by atoms with Gasteiger partial charge in [0.15, 0.2) is 0 Å². The topological polar surface area (TPSA) is 9.23 Å². The van der Waals surface area contributed by atoms with Crippen LogP contribution in [0.3, 0.4) is 0 Å². The minimum absolute atomic E-state index is 0. The van der Waals surface area contributed by atoms with Crippen molar-refractivity contribution in [2.24, 2.45) is 0 Å². The van der Waals surface area contributed by atoms with Gasteiger partial charge in [-0.25, -0.2) is 0 Å². The summed E-state index contributed by atoms with van der Waals surface area (Å²) in [5, 5.41) is 0. The van der Waals surface area contributed by atoms with E-state index in [0.29, 0.717) is 0 Å². The molecule has 3 rings (SSSR count). The first-order chi connectivity index (χ1) is 8.45. The van der Waals surface area contributed by atoms with E-state index in [2.05, 4.69) is 0 Å². The Balaban J connectivity index is 0.000000230. The molecule has 0 unspecified atom stereocenters. The summed E-state index contributed by atoms with van der Waals surface area (Å²) in [5.41, 5.74) is 0. The van der Waals surface area contributed by atoms with E-state index in [0.717, 1.165) is 11.5 Å². The number of hydrogen-bond acceptors (Lipinski definition) is 1. The summed E-state index contributed by atoms with van der Waals surface area (Å²) in [6.45, 7) is 0. The Hall–Kier alpha value is -1.57. The van der Waals surface area contributed by atoms with Gasteiger partial charge in [0.05, 0.1) is 0 Å². The van der Waals surface area contributed by atoms with Gasteiger partial charge in [0.25, 0.3) is 0 Å².